The predicted molar refractivity (Wildman–Crippen MR) is 88.2 cm³/mol. The maximum atomic E-state index is 12.7. The molecule has 0 saturated carbocycles. The molecule has 1 atom stereocenters. The molecule has 1 saturated heterocycles. The van der Waals surface area contributed by atoms with Crippen molar-refractivity contribution >= 4 is 11.8 Å². The SMILES string of the molecule is CCN(C[C@H]1CCOC1)C(=O)c1ccc(OCC(N)=O)c(OC)c1. The van der Waals surface area contributed by atoms with E-state index in [4.69, 9.17) is 19.9 Å². The molecule has 1 aromatic rings. The Morgan fingerprint density at radius 1 is 1.38 bits per heavy atom. The Hall–Kier alpha value is -2.28. The van der Waals surface area contributed by atoms with Crippen molar-refractivity contribution in [3.05, 3.63) is 23.8 Å². The van der Waals surface area contributed by atoms with Crippen LogP contribution in [0.1, 0.15) is 23.7 Å². The second-order valence-corrected chi connectivity index (χ2v) is 5.69. The highest BCUT2D eigenvalue weighted by Gasteiger charge is 2.23. The molecule has 7 nitrogen and oxygen atoms in total. The third-order valence-corrected chi connectivity index (χ3v) is 3.95. The Morgan fingerprint density at radius 3 is 2.75 bits per heavy atom. The molecule has 0 bridgehead atoms. The first-order chi connectivity index (χ1) is 11.5. The van der Waals surface area contributed by atoms with Crippen LogP contribution in [0.5, 0.6) is 11.5 Å². The van der Waals surface area contributed by atoms with Gasteiger partial charge in [-0.25, -0.2) is 0 Å². The van der Waals surface area contributed by atoms with Crippen molar-refractivity contribution in [2.45, 2.75) is 13.3 Å². The lowest BCUT2D eigenvalue weighted by Crippen LogP contribution is -2.35. The molecule has 0 aromatic heterocycles. The highest BCUT2D eigenvalue weighted by atomic mass is 16.5. The number of hydrogen-bond donors (Lipinski definition) is 1. The summed E-state index contributed by atoms with van der Waals surface area (Å²) in [5.74, 6) is 0.508. The molecular formula is C17H24N2O5. The summed E-state index contributed by atoms with van der Waals surface area (Å²) in [5.41, 5.74) is 5.58. The smallest absolute Gasteiger partial charge is 0.255 e. The molecule has 2 amide bonds. The molecule has 2 N–H and O–H groups in total. The van der Waals surface area contributed by atoms with Gasteiger partial charge in [-0.1, -0.05) is 0 Å². The lowest BCUT2D eigenvalue weighted by molar-refractivity contribution is -0.119. The number of amides is 2. The minimum atomic E-state index is -0.576. The summed E-state index contributed by atoms with van der Waals surface area (Å²) < 4.78 is 15.9. The molecule has 0 aliphatic carbocycles. The van der Waals surface area contributed by atoms with Crippen molar-refractivity contribution in [2.24, 2.45) is 11.7 Å². The van der Waals surface area contributed by atoms with Crippen LogP contribution in [-0.2, 0) is 9.53 Å². The number of hydrogen-bond acceptors (Lipinski definition) is 5. The first kappa shape index (κ1) is 18.1. The van der Waals surface area contributed by atoms with Gasteiger partial charge >= 0.3 is 0 Å². The van der Waals surface area contributed by atoms with Crippen molar-refractivity contribution in [1.29, 1.82) is 0 Å². The second-order valence-electron chi connectivity index (χ2n) is 5.69. The van der Waals surface area contributed by atoms with Crippen molar-refractivity contribution in [2.75, 3.05) is 40.0 Å². The summed E-state index contributed by atoms with van der Waals surface area (Å²) in [7, 11) is 1.48. The fourth-order valence-electron chi connectivity index (χ4n) is 2.65. The van der Waals surface area contributed by atoms with Gasteiger partial charge in [0.15, 0.2) is 18.1 Å². The van der Waals surface area contributed by atoms with Gasteiger partial charge in [-0.15, -0.1) is 0 Å². The standard InChI is InChI=1S/C17H24N2O5/c1-3-19(9-12-6-7-23-10-12)17(21)13-4-5-14(15(8-13)22-2)24-11-16(18)20/h4-5,8,12H,3,6-7,9-11H2,1-2H3,(H2,18,20)/t12-/m1/s1. The highest BCUT2D eigenvalue weighted by Crippen LogP contribution is 2.28. The Bertz CT molecular complexity index is 584. The van der Waals surface area contributed by atoms with Crippen LogP contribution < -0.4 is 15.2 Å². The molecule has 1 aliphatic rings. The van der Waals surface area contributed by atoms with Crippen molar-refractivity contribution in [1.82, 2.24) is 4.90 Å². The number of rotatable bonds is 8. The zero-order valence-electron chi connectivity index (χ0n) is 14.1. The van der Waals surface area contributed by atoms with Crippen LogP contribution in [0.4, 0.5) is 0 Å². The van der Waals surface area contributed by atoms with Gasteiger partial charge in [-0.05, 0) is 31.5 Å². The molecule has 1 heterocycles. The first-order valence-electron chi connectivity index (χ1n) is 8.01. The largest absolute Gasteiger partial charge is 0.493 e. The third kappa shape index (κ3) is 4.61. The first-order valence-corrected chi connectivity index (χ1v) is 8.01. The predicted octanol–water partition coefficient (Wildman–Crippen LogP) is 1.06. The van der Waals surface area contributed by atoms with E-state index in [1.165, 1.54) is 7.11 Å². The molecule has 1 aromatic carbocycles. The van der Waals surface area contributed by atoms with Gasteiger partial charge in [-0.2, -0.15) is 0 Å². The zero-order valence-corrected chi connectivity index (χ0v) is 14.1. The van der Waals surface area contributed by atoms with E-state index in [0.29, 0.717) is 42.7 Å². The van der Waals surface area contributed by atoms with Crippen LogP contribution >= 0.6 is 0 Å². The molecule has 132 valence electrons. The average Bonchev–Trinajstić information content (AvgIpc) is 3.10. The van der Waals surface area contributed by atoms with Crippen LogP contribution in [0.3, 0.4) is 0 Å². The van der Waals surface area contributed by atoms with Crippen molar-refractivity contribution in [3.8, 4) is 11.5 Å². The molecule has 0 radical (unpaired) electrons. The third-order valence-electron chi connectivity index (χ3n) is 3.95. The van der Waals surface area contributed by atoms with E-state index in [1.807, 2.05) is 6.92 Å². The lowest BCUT2D eigenvalue weighted by atomic mass is 10.1. The van der Waals surface area contributed by atoms with Gasteiger partial charge in [-0.3, -0.25) is 9.59 Å². The number of nitrogens with two attached hydrogens (primary N) is 1. The quantitative estimate of drug-likeness (QED) is 0.766. The normalized spacial score (nSPS) is 16.7. The van der Waals surface area contributed by atoms with E-state index < -0.39 is 5.91 Å². The van der Waals surface area contributed by atoms with E-state index in [9.17, 15) is 9.59 Å². The summed E-state index contributed by atoms with van der Waals surface area (Å²) in [4.78, 5) is 25.4. The van der Waals surface area contributed by atoms with Crippen LogP contribution in [0.2, 0.25) is 0 Å². The fourth-order valence-corrected chi connectivity index (χ4v) is 2.65. The maximum Gasteiger partial charge on any atom is 0.255 e. The number of methoxy groups -OCH3 is 1. The molecule has 7 heteroatoms. The minimum Gasteiger partial charge on any atom is -0.493 e. The monoisotopic (exact) mass is 336 g/mol. The van der Waals surface area contributed by atoms with E-state index >= 15 is 0 Å². The molecule has 0 spiro atoms. The molecular weight excluding hydrogens is 312 g/mol. The number of carbonyl (C=O) groups is 2. The summed E-state index contributed by atoms with van der Waals surface area (Å²) in [6, 6.07) is 4.89. The maximum absolute atomic E-state index is 12.7. The Morgan fingerprint density at radius 2 is 2.17 bits per heavy atom. The van der Waals surface area contributed by atoms with E-state index in [-0.39, 0.29) is 12.5 Å². The van der Waals surface area contributed by atoms with Crippen LogP contribution in [0, 0.1) is 5.92 Å². The van der Waals surface area contributed by atoms with Crippen LogP contribution in [0.25, 0.3) is 0 Å². The Balaban J connectivity index is 2.10. The van der Waals surface area contributed by atoms with Crippen molar-refractivity contribution in [3.63, 3.8) is 0 Å². The lowest BCUT2D eigenvalue weighted by Gasteiger charge is -2.24. The summed E-state index contributed by atoms with van der Waals surface area (Å²) >= 11 is 0. The minimum absolute atomic E-state index is 0.0656. The number of benzene rings is 1. The number of primary amides is 1. The highest BCUT2D eigenvalue weighted by molar-refractivity contribution is 5.95. The van der Waals surface area contributed by atoms with Gasteiger partial charge in [0.05, 0.1) is 13.7 Å². The van der Waals surface area contributed by atoms with E-state index in [0.717, 1.165) is 13.0 Å². The number of nitrogens with zero attached hydrogens (tertiary/aromatic N) is 1. The topological polar surface area (TPSA) is 91.1 Å². The van der Waals surface area contributed by atoms with Crippen molar-refractivity contribution < 1.29 is 23.8 Å². The van der Waals surface area contributed by atoms with E-state index in [2.05, 4.69) is 0 Å². The molecule has 1 aliphatic heterocycles. The summed E-state index contributed by atoms with van der Waals surface area (Å²) in [5, 5.41) is 0. The summed E-state index contributed by atoms with van der Waals surface area (Å²) in [6.07, 6.45) is 0.979. The van der Waals surface area contributed by atoms with Gasteiger partial charge in [0.25, 0.3) is 11.8 Å². The van der Waals surface area contributed by atoms with Crippen LogP contribution in [-0.4, -0.2) is 56.7 Å². The summed E-state index contributed by atoms with van der Waals surface area (Å²) in [6.45, 7) is 4.47. The molecule has 0 unspecified atom stereocenters. The van der Waals surface area contributed by atoms with Crippen LogP contribution in [0.15, 0.2) is 18.2 Å². The number of carbonyl (C=O) groups excluding carboxylic acids is 2. The molecule has 2 rings (SSSR count). The zero-order chi connectivity index (χ0) is 17.5. The molecule has 1 fully saturated rings. The van der Waals surface area contributed by atoms with Gasteiger partial charge < -0.3 is 24.8 Å². The van der Waals surface area contributed by atoms with Gasteiger partial charge in [0.1, 0.15) is 0 Å². The fraction of sp³-hybridized carbons (Fsp3) is 0.529. The Kier molecular flexibility index (Phi) is 6.43. The van der Waals surface area contributed by atoms with Gasteiger partial charge in [0, 0.05) is 31.2 Å². The second kappa shape index (κ2) is 8.54. The van der Waals surface area contributed by atoms with Gasteiger partial charge in [0.2, 0.25) is 0 Å². The Labute approximate surface area is 141 Å². The number of ether oxygens (including phenoxy) is 3. The average molecular weight is 336 g/mol. The van der Waals surface area contributed by atoms with E-state index in [1.54, 1.807) is 23.1 Å². The molecule has 24 heavy (non-hydrogen) atoms.